The molecule has 0 bridgehead atoms. The van der Waals surface area contributed by atoms with Gasteiger partial charge in [-0.25, -0.2) is 0 Å². The largest absolute Gasteiger partial charge is 0.362 e. The molecule has 1 fully saturated rings. The Kier molecular flexibility index (Phi) is 10.6. The normalized spacial score (nSPS) is 16.4. The Hall–Kier alpha value is -1.39. The molecule has 2 rings (SSSR count). The standard InChI is InChI=1S/C12H17N.C2H5NO.C2H7N/c1-9-3-4-11(7-10(9)2)12-5-6-13-8-12;1-3-2-4;1-3-2/h3-4,7,12-13H,5-6,8H2,1-2H3;2H,1H3,(H,3,4);3H,1-2H3. The molecule has 4 nitrogen and oxygen atoms in total. The molecule has 0 radical (unpaired) electrons. The van der Waals surface area contributed by atoms with Gasteiger partial charge >= 0.3 is 0 Å². The summed E-state index contributed by atoms with van der Waals surface area (Å²) in [6.07, 6.45) is 1.92. The van der Waals surface area contributed by atoms with Crippen LogP contribution in [0.5, 0.6) is 0 Å². The van der Waals surface area contributed by atoms with Gasteiger partial charge in [-0.05, 0) is 63.5 Å². The Balaban J connectivity index is 0.000000438. The number of benzene rings is 1. The summed E-state index contributed by atoms with van der Waals surface area (Å²) in [6.45, 7) is 6.70. The van der Waals surface area contributed by atoms with Crippen molar-refractivity contribution < 1.29 is 4.79 Å². The molecular formula is C16H29N3O. The van der Waals surface area contributed by atoms with E-state index in [1.165, 1.54) is 29.7 Å². The van der Waals surface area contributed by atoms with E-state index in [1.807, 2.05) is 14.1 Å². The number of hydrogen-bond acceptors (Lipinski definition) is 3. The number of carbonyl (C=O) groups is 1. The fourth-order valence-corrected chi connectivity index (χ4v) is 1.96. The topological polar surface area (TPSA) is 53.2 Å². The van der Waals surface area contributed by atoms with Crippen LogP contribution < -0.4 is 16.0 Å². The van der Waals surface area contributed by atoms with Gasteiger partial charge in [0.25, 0.3) is 0 Å². The second-order valence-corrected chi connectivity index (χ2v) is 4.94. The van der Waals surface area contributed by atoms with Gasteiger partial charge in [-0.3, -0.25) is 4.79 Å². The molecule has 1 heterocycles. The fraction of sp³-hybridized carbons (Fsp3) is 0.562. The predicted octanol–water partition coefficient (Wildman–Crippen LogP) is 1.58. The summed E-state index contributed by atoms with van der Waals surface area (Å²) >= 11 is 0. The first-order chi connectivity index (χ1) is 9.60. The Labute approximate surface area is 123 Å². The van der Waals surface area contributed by atoms with E-state index < -0.39 is 0 Å². The van der Waals surface area contributed by atoms with Crippen molar-refractivity contribution in [1.29, 1.82) is 0 Å². The van der Waals surface area contributed by atoms with Crippen molar-refractivity contribution >= 4 is 6.41 Å². The van der Waals surface area contributed by atoms with E-state index in [2.05, 4.69) is 48.0 Å². The van der Waals surface area contributed by atoms with E-state index in [0.29, 0.717) is 6.41 Å². The lowest BCUT2D eigenvalue weighted by Gasteiger charge is -2.10. The van der Waals surface area contributed by atoms with Crippen LogP contribution in [0.3, 0.4) is 0 Å². The number of rotatable bonds is 2. The number of carbonyl (C=O) groups excluding carboxylic acids is 1. The second kappa shape index (κ2) is 11.4. The molecule has 0 aliphatic carbocycles. The maximum absolute atomic E-state index is 9.06. The van der Waals surface area contributed by atoms with Crippen LogP contribution >= 0.6 is 0 Å². The van der Waals surface area contributed by atoms with E-state index in [4.69, 9.17) is 4.79 Å². The maximum Gasteiger partial charge on any atom is 0.206 e. The summed E-state index contributed by atoms with van der Waals surface area (Å²) in [6, 6.07) is 6.86. The lowest BCUT2D eigenvalue weighted by Crippen LogP contribution is -2.08. The Morgan fingerprint density at radius 1 is 1.20 bits per heavy atom. The quantitative estimate of drug-likeness (QED) is 0.721. The number of hydrogen-bond donors (Lipinski definition) is 3. The minimum Gasteiger partial charge on any atom is -0.362 e. The monoisotopic (exact) mass is 279 g/mol. The third kappa shape index (κ3) is 7.26. The molecule has 1 aliphatic heterocycles. The van der Waals surface area contributed by atoms with Crippen molar-refractivity contribution in [2.75, 3.05) is 34.2 Å². The van der Waals surface area contributed by atoms with Gasteiger partial charge in [-0.15, -0.1) is 0 Å². The van der Waals surface area contributed by atoms with Gasteiger partial charge in [-0.2, -0.15) is 0 Å². The van der Waals surface area contributed by atoms with Gasteiger partial charge in [-0.1, -0.05) is 18.2 Å². The first kappa shape index (κ1) is 18.6. The minimum absolute atomic E-state index is 0.625. The maximum atomic E-state index is 9.06. The van der Waals surface area contributed by atoms with Crippen molar-refractivity contribution in [1.82, 2.24) is 16.0 Å². The minimum atomic E-state index is 0.625. The summed E-state index contributed by atoms with van der Waals surface area (Å²) in [5, 5.41) is 8.40. The molecule has 0 spiro atoms. The molecule has 1 aromatic carbocycles. The molecule has 0 saturated carbocycles. The molecule has 20 heavy (non-hydrogen) atoms. The highest BCUT2D eigenvalue weighted by atomic mass is 16.1. The van der Waals surface area contributed by atoms with E-state index in [9.17, 15) is 0 Å². The van der Waals surface area contributed by atoms with Gasteiger partial charge in [0.2, 0.25) is 6.41 Å². The smallest absolute Gasteiger partial charge is 0.206 e. The summed E-state index contributed by atoms with van der Waals surface area (Å²) < 4.78 is 0. The lowest BCUT2D eigenvalue weighted by atomic mass is 9.95. The number of amides is 1. The molecule has 1 amide bonds. The van der Waals surface area contributed by atoms with Gasteiger partial charge in [0, 0.05) is 13.6 Å². The van der Waals surface area contributed by atoms with Crippen LogP contribution in [0.1, 0.15) is 29.0 Å². The van der Waals surface area contributed by atoms with Crippen LogP contribution in [-0.4, -0.2) is 40.6 Å². The van der Waals surface area contributed by atoms with Crippen molar-refractivity contribution in [3.05, 3.63) is 34.9 Å². The molecule has 1 aromatic rings. The van der Waals surface area contributed by atoms with Crippen molar-refractivity contribution in [3.8, 4) is 0 Å². The zero-order valence-electron chi connectivity index (χ0n) is 13.4. The average molecular weight is 279 g/mol. The summed E-state index contributed by atoms with van der Waals surface area (Å²) in [7, 11) is 5.31. The molecule has 1 aliphatic rings. The third-order valence-corrected chi connectivity index (χ3v) is 3.18. The lowest BCUT2D eigenvalue weighted by molar-refractivity contribution is -0.109. The van der Waals surface area contributed by atoms with Crippen LogP contribution in [0, 0.1) is 13.8 Å². The third-order valence-electron chi connectivity index (χ3n) is 3.18. The molecule has 4 heteroatoms. The van der Waals surface area contributed by atoms with Gasteiger partial charge in [0.1, 0.15) is 0 Å². The Morgan fingerprint density at radius 2 is 1.80 bits per heavy atom. The van der Waals surface area contributed by atoms with Crippen LogP contribution in [0.15, 0.2) is 18.2 Å². The van der Waals surface area contributed by atoms with Crippen LogP contribution in [-0.2, 0) is 4.79 Å². The molecule has 1 unspecified atom stereocenters. The second-order valence-electron chi connectivity index (χ2n) is 4.94. The zero-order chi connectivity index (χ0) is 15.4. The van der Waals surface area contributed by atoms with Gasteiger partial charge < -0.3 is 16.0 Å². The molecular weight excluding hydrogens is 250 g/mol. The SMILES string of the molecule is CNC.CNC=O.Cc1ccc(C2CCNC2)cc1C. The first-order valence-corrected chi connectivity index (χ1v) is 7.07. The Morgan fingerprint density at radius 3 is 2.20 bits per heavy atom. The molecule has 3 N–H and O–H groups in total. The zero-order valence-corrected chi connectivity index (χ0v) is 13.4. The summed E-state index contributed by atoms with van der Waals surface area (Å²) in [5.41, 5.74) is 4.33. The molecule has 1 atom stereocenters. The highest BCUT2D eigenvalue weighted by Gasteiger charge is 2.16. The van der Waals surface area contributed by atoms with Crippen molar-refractivity contribution in [2.24, 2.45) is 0 Å². The van der Waals surface area contributed by atoms with E-state index >= 15 is 0 Å². The molecule has 114 valence electrons. The summed E-state index contributed by atoms with van der Waals surface area (Å²) in [4.78, 5) is 9.06. The Bertz CT molecular complexity index is 374. The van der Waals surface area contributed by atoms with Crippen molar-refractivity contribution in [2.45, 2.75) is 26.2 Å². The summed E-state index contributed by atoms with van der Waals surface area (Å²) in [5.74, 6) is 0.749. The molecule has 1 saturated heterocycles. The van der Waals surface area contributed by atoms with E-state index in [1.54, 1.807) is 7.05 Å². The number of nitrogens with one attached hydrogen (secondary N) is 3. The first-order valence-electron chi connectivity index (χ1n) is 7.07. The predicted molar refractivity (Wildman–Crippen MR) is 86.3 cm³/mol. The van der Waals surface area contributed by atoms with Gasteiger partial charge in [0.15, 0.2) is 0 Å². The highest BCUT2D eigenvalue weighted by molar-refractivity contribution is 5.44. The fourth-order valence-electron chi connectivity index (χ4n) is 1.96. The van der Waals surface area contributed by atoms with Crippen LogP contribution in [0.4, 0.5) is 0 Å². The highest BCUT2D eigenvalue weighted by Crippen LogP contribution is 2.23. The van der Waals surface area contributed by atoms with Crippen molar-refractivity contribution in [3.63, 3.8) is 0 Å². The van der Waals surface area contributed by atoms with Crippen LogP contribution in [0.2, 0.25) is 0 Å². The van der Waals surface area contributed by atoms with E-state index in [0.717, 1.165) is 12.5 Å². The molecule has 0 aromatic heterocycles. The average Bonchev–Trinajstić information content (AvgIpc) is 2.97. The van der Waals surface area contributed by atoms with Crippen LogP contribution in [0.25, 0.3) is 0 Å². The van der Waals surface area contributed by atoms with Gasteiger partial charge in [0.05, 0.1) is 0 Å². The number of aryl methyl sites for hydroxylation is 2. The van der Waals surface area contributed by atoms with E-state index in [-0.39, 0.29) is 0 Å².